The number of ether oxygens (including phenoxy) is 1. The topological polar surface area (TPSA) is 95.9 Å². The molecule has 0 spiro atoms. The Bertz CT molecular complexity index is 1070. The molecule has 7 nitrogen and oxygen atoms in total. The largest absolute Gasteiger partial charge is 0.466 e. The average Bonchev–Trinajstić information content (AvgIpc) is 3.21. The Morgan fingerprint density at radius 3 is 2.30 bits per heavy atom. The van der Waals surface area contributed by atoms with Crippen LogP contribution in [0.15, 0.2) is 73.3 Å². The summed E-state index contributed by atoms with van der Waals surface area (Å²) in [6.07, 6.45) is 4.05. The van der Waals surface area contributed by atoms with Crippen molar-refractivity contribution < 1.29 is 9.53 Å². The zero-order valence-electron chi connectivity index (χ0n) is 16.5. The third kappa shape index (κ3) is 4.46. The first kappa shape index (κ1) is 19.6. The lowest BCUT2D eigenvalue weighted by Crippen LogP contribution is -2.13. The molecular formula is C23H23N5O2. The third-order valence-electron chi connectivity index (χ3n) is 5.01. The number of nitrogens with two attached hydrogens (primary N) is 1. The Labute approximate surface area is 174 Å². The van der Waals surface area contributed by atoms with E-state index in [9.17, 15) is 4.79 Å². The molecule has 0 amide bonds. The maximum atomic E-state index is 12.5. The van der Waals surface area contributed by atoms with Crippen molar-refractivity contribution in [3.63, 3.8) is 0 Å². The van der Waals surface area contributed by atoms with Crippen molar-refractivity contribution in [2.75, 3.05) is 12.3 Å². The summed E-state index contributed by atoms with van der Waals surface area (Å²) >= 11 is 0. The lowest BCUT2D eigenvalue weighted by Gasteiger charge is -2.17. The number of carbonyl (C=O) groups is 1. The Balaban J connectivity index is 1.34. The van der Waals surface area contributed by atoms with Gasteiger partial charge >= 0.3 is 5.97 Å². The number of aryl methyl sites for hydroxylation is 1. The van der Waals surface area contributed by atoms with Gasteiger partial charge in [0.2, 0.25) is 0 Å². The molecular weight excluding hydrogens is 378 g/mol. The summed E-state index contributed by atoms with van der Waals surface area (Å²) in [7, 11) is 0. The van der Waals surface area contributed by atoms with E-state index < -0.39 is 0 Å². The number of aromatic nitrogens is 4. The smallest absolute Gasteiger partial charge is 0.306 e. The number of fused-ring (bicyclic) bond motifs is 1. The summed E-state index contributed by atoms with van der Waals surface area (Å²) in [5, 5.41) is 0. The van der Waals surface area contributed by atoms with Crippen LogP contribution in [0.3, 0.4) is 0 Å². The van der Waals surface area contributed by atoms with E-state index in [1.54, 1.807) is 6.33 Å². The molecule has 2 aromatic carbocycles. The zero-order chi connectivity index (χ0) is 20.8. The van der Waals surface area contributed by atoms with Gasteiger partial charge in [0.1, 0.15) is 11.8 Å². The number of benzene rings is 2. The maximum absolute atomic E-state index is 12.5. The normalized spacial score (nSPS) is 11.1. The van der Waals surface area contributed by atoms with Gasteiger partial charge in [-0.25, -0.2) is 15.0 Å². The van der Waals surface area contributed by atoms with E-state index in [0.717, 1.165) is 11.1 Å². The fourth-order valence-electron chi connectivity index (χ4n) is 3.51. The molecule has 2 N–H and O–H groups in total. The SMILES string of the molecule is Nc1ncnc2c1ncn2CCCOC(=O)CC(c1ccccc1)c1ccccc1. The predicted octanol–water partition coefficient (Wildman–Crippen LogP) is 3.56. The van der Waals surface area contributed by atoms with Crippen molar-refractivity contribution in [2.45, 2.75) is 25.3 Å². The number of nitrogen functional groups attached to an aromatic ring is 1. The first-order chi connectivity index (χ1) is 14.7. The lowest BCUT2D eigenvalue weighted by atomic mass is 9.89. The van der Waals surface area contributed by atoms with Crippen molar-refractivity contribution >= 4 is 23.0 Å². The molecule has 2 heterocycles. The number of imidazole rings is 1. The number of nitrogens with zero attached hydrogens (tertiary/aromatic N) is 4. The molecule has 0 bridgehead atoms. The fourth-order valence-corrected chi connectivity index (χ4v) is 3.51. The Kier molecular flexibility index (Phi) is 5.98. The molecule has 7 heteroatoms. The van der Waals surface area contributed by atoms with Gasteiger partial charge in [-0.1, -0.05) is 60.7 Å². The van der Waals surface area contributed by atoms with Crippen molar-refractivity contribution in [3.8, 4) is 0 Å². The maximum Gasteiger partial charge on any atom is 0.306 e. The van der Waals surface area contributed by atoms with Crippen LogP contribution in [-0.4, -0.2) is 32.1 Å². The van der Waals surface area contributed by atoms with Crippen LogP contribution >= 0.6 is 0 Å². The lowest BCUT2D eigenvalue weighted by molar-refractivity contribution is -0.144. The van der Waals surface area contributed by atoms with E-state index in [4.69, 9.17) is 10.5 Å². The standard InChI is InChI=1S/C23H23N5O2/c24-22-21-23(26-15-25-22)28(16-27-21)12-7-13-30-20(29)14-19(17-8-3-1-4-9-17)18-10-5-2-6-11-18/h1-6,8-11,15-16,19H,7,12-14H2,(H2,24,25,26). The van der Waals surface area contributed by atoms with Crippen molar-refractivity contribution in [1.29, 1.82) is 0 Å². The van der Waals surface area contributed by atoms with Gasteiger partial charge in [0.15, 0.2) is 11.5 Å². The molecule has 0 atom stereocenters. The number of carbonyl (C=O) groups excluding carboxylic acids is 1. The Morgan fingerprint density at radius 2 is 1.63 bits per heavy atom. The summed E-state index contributed by atoms with van der Waals surface area (Å²) in [6, 6.07) is 20.1. The number of hydrogen-bond donors (Lipinski definition) is 1. The summed E-state index contributed by atoms with van der Waals surface area (Å²) < 4.78 is 7.41. The van der Waals surface area contributed by atoms with Gasteiger partial charge in [0, 0.05) is 12.5 Å². The van der Waals surface area contributed by atoms with E-state index in [1.165, 1.54) is 6.33 Å². The molecule has 4 aromatic rings. The van der Waals surface area contributed by atoms with Gasteiger partial charge in [-0.2, -0.15) is 0 Å². The summed E-state index contributed by atoms with van der Waals surface area (Å²) in [4.78, 5) is 24.9. The van der Waals surface area contributed by atoms with Crippen LogP contribution in [-0.2, 0) is 16.1 Å². The van der Waals surface area contributed by atoms with Gasteiger partial charge in [-0.05, 0) is 17.5 Å². The molecule has 0 radical (unpaired) electrons. The molecule has 0 aliphatic rings. The molecule has 0 aliphatic carbocycles. The van der Waals surface area contributed by atoms with Crippen LogP contribution in [0.5, 0.6) is 0 Å². The van der Waals surface area contributed by atoms with E-state index in [2.05, 4.69) is 15.0 Å². The first-order valence-corrected chi connectivity index (χ1v) is 9.89. The molecule has 2 aromatic heterocycles. The van der Waals surface area contributed by atoms with E-state index >= 15 is 0 Å². The molecule has 0 aliphatic heterocycles. The van der Waals surface area contributed by atoms with Crippen molar-refractivity contribution in [1.82, 2.24) is 19.5 Å². The number of hydrogen-bond acceptors (Lipinski definition) is 6. The van der Waals surface area contributed by atoms with Gasteiger partial charge in [-0.15, -0.1) is 0 Å². The van der Waals surface area contributed by atoms with Gasteiger partial charge in [-0.3, -0.25) is 4.79 Å². The molecule has 30 heavy (non-hydrogen) atoms. The van der Waals surface area contributed by atoms with Crippen molar-refractivity contribution in [2.24, 2.45) is 0 Å². The Hall–Kier alpha value is -3.74. The fraction of sp³-hybridized carbons (Fsp3) is 0.217. The zero-order valence-corrected chi connectivity index (χ0v) is 16.5. The minimum atomic E-state index is -0.213. The van der Waals surface area contributed by atoms with E-state index in [1.807, 2.05) is 65.2 Å². The van der Waals surface area contributed by atoms with Gasteiger partial charge in [0.05, 0.1) is 19.4 Å². The monoisotopic (exact) mass is 401 g/mol. The van der Waals surface area contributed by atoms with Crippen LogP contribution in [0, 0.1) is 0 Å². The van der Waals surface area contributed by atoms with Crippen LogP contribution in [0.2, 0.25) is 0 Å². The quantitative estimate of drug-likeness (QED) is 0.358. The third-order valence-corrected chi connectivity index (χ3v) is 5.01. The van der Waals surface area contributed by atoms with Crippen LogP contribution < -0.4 is 5.73 Å². The van der Waals surface area contributed by atoms with Crippen LogP contribution in [0.1, 0.15) is 29.9 Å². The van der Waals surface area contributed by atoms with Crippen LogP contribution in [0.25, 0.3) is 11.2 Å². The average molecular weight is 401 g/mol. The highest BCUT2D eigenvalue weighted by Crippen LogP contribution is 2.28. The second kappa shape index (κ2) is 9.17. The molecule has 152 valence electrons. The van der Waals surface area contributed by atoms with Gasteiger partial charge in [0.25, 0.3) is 0 Å². The van der Waals surface area contributed by atoms with E-state index in [-0.39, 0.29) is 11.9 Å². The second-order valence-corrected chi connectivity index (χ2v) is 7.02. The minimum Gasteiger partial charge on any atom is -0.466 e. The molecule has 4 rings (SSSR count). The highest BCUT2D eigenvalue weighted by molar-refractivity contribution is 5.81. The number of anilines is 1. The molecule has 0 saturated carbocycles. The van der Waals surface area contributed by atoms with Gasteiger partial charge < -0.3 is 15.0 Å². The van der Waals surface area contributed by atoms with Crippen LogP contribution in [0.4, 0.5) is 5.82 Å². The summed E-state index contributed by atoms with van der Waals surface area (Å²) in [6.45, 7) is 0.955. The van der Waals surface area contributed by atoms with Crippen molar-refractivity contribution in [3.05, 3.63) is 84.4 Å². The highest BCUT2D eigenvalue weighted by atomic mass is 16.5. The minimum absolute atomic E-state index is 0.0304. The first-order valence-electron chi connectivity index (χ1n) is 9.89. The summed E-state index contributed by atoms with van der Waals surface area (Å²) in [5.41, 5.74) is 9.28. The molecule has 0 unspecified atom stereocenters. The number of esters is 1. The molecule has 0 saturated heterocycles. The Morgan fingerprint density at radius 1 is 0.967 bits per heavy atom. The predicted molar refractivity (Wildman–Crippen MR) is 115 cm³/mol. The number of rotatable bonds is 8. The highest BCUT2D eigenvalue weighted by Gasteiger charge is 2.19. The second-order valence-electron chi connectivity index (χ2n) is 7.02. The summed E-state index contributed by atoms with van der Waals surface area (Å²) in [5.74, 6) is 0.116. The van der Waals surface area contributed by atoms with E-state index in [0.29, 0.717) is 43.0 Å². The molecule has 0 fully saturated rings.